The maximum atomic E-state index is 11.8. The van der Waals surface area contributed by atoms with Crippen molar-refractivity contribution in [1.82, 2.24) is 10.6 Å². The van der Waals surface area contributed by atoms with E-state index < -0.39 is 0 Å². The highest BCUT2D eigenvalue weighted by atomic mass is 16.2. The second-order valence-electron chi connectivity index (χ2n) is 5.37. The van der Waals surface area contributed by atoms with Crippen LogP contribution in [-0.2, 0) is 6.42 Å². The summed E-state index contributed by atoms with van der Waals surface area (Å²) in [6, 6.07) is 8.49. The minimum absolute atomic E-state index is 0.0441. The molecule has 1 unspecified atom stereocenters. The van der Waals surface area contributed by atoms with Crippen molar-refractivity contribution in [3.05, 3.63) is 35.4 Å². The van der Waals surface area contributed by atoms with Gasteiger partial charge in [0.25, 0.3) is 0 Å². The topological polar surface area (TPSA) is 41.1 Å². The Labute approximate surface area is 109 Å². The van der Waals surface area contributed by atoms with Crippen molar-refractivity contribution in [3.63, 3.8) is 0 Å². The Balaban J connectivity index is 1.82. The standard InChI is InChI=1S/C15H22N2O/c1-11(2)9-10-16-15(18)17-14-8-7-12-5-3-4-6-13(12)14/h3-6,11,14H,7-10H2,1-2H3,(H2,16,17,18). The van der Waals surface area contributed by atoms with Crippen LogP contribution in [0.2, 0.25) is 0 Å². The summed E-state index contributed by atoms with van der Waals surface area (Å²) in [5.74, 6) is 0.623. The van der Waals surface area contributed by atoms with Gasteiger partial charge >= 0.3 is 6.03 Å². The Morgan fingerprint density at radius 3 is 2.94 bits per heavy atom. The van der Waals surface area contributed by atoms with Crippen LogP contribution >= 0.6 is 0 Å². The fraction of sp³-hybridized carbons (Fsp3) is 0.533. The first-order valence-corrected chi connectivity index (χ1v) is 6.79. The van der Waals surface area contributed by atoms with Gasteiger partial charge in [-0.3, -0.25) is 0 Å². The van der Waals surface area contributed by atoms with Crippen molar-refractivity contribution in [3.8, 4) is 0 Å². The molecule has 18 heavy (non-hydrogen) atoms. The molecule has 0 fully saturated rings. The Morgan fingerprint density at radius 1 is 1.39 bits per heavy atom. The third-order valence-corrected chi connectivity index (χ3v) is 3.45. The third-order valence-electron chi connectivity index (χ3n) is 3.45. The number of aryl methyl sites for hydroxylation is 1. The molecule has 1 aromatic carbocycles. The van der Waals surface area contributed by atoms with Crippen molar-refractivity contribution < 1.29 is 4.79 Å². The van der Waals surface area contributed by atoms with Crippen LogP contribution in [0.15, 0.2) is 24.3 Å². The molecule has 3 nitrogen and oxygen atoms in total. The van der Waals surface area contributed by atoms with E-state index in [2.05, 4.69) is 42.7 Å². The molecule has 0 saturated carbocycles. The highest BCUT2D eigenvalue weighted by molar-refractivity contribution is 5.74. The average molecular weight is 246 g/mol. The fourth-order valence-electron chi connectivity index (χ4n) is 2.39. The highest BCUT2D eigenvalue weighted by Crippen LogP contribution is 2.30. The zero-order valence-electron chi connectivity index (χ0n) is 11.2. The van der Waals surface area contributed by atoms with Gasteiger partial charge in [0.15, 0.2) is 0 Å². The first kappa shape index (κ1) is 12.9. The first-order chi connectivity index (χ1) is 8.66. The first-order valence-electron chi connectivity index (χ1n) is 6.79. The molecule has 1 atom stereocenters. The van der Waals surface area contributed by atoms with E-state index in [0.717, 1.165) is 25.8 Å². The summed E-state index contributed by atoms with van der Waals surface area (Å²) in [5, 5.41) is 5.98. The van der Waals surface area contributed by atoms with E-state index in [9.17, 15) is 4.79 Å². The molecule has 2 N–H and O–H groups in total. The Bertz CT molecular complexity index is 415. The van der Waals surface area contributed by atoms with E-state index in [4.69, 9.17) is 0 Å². The molecule has 0 radical (unpaired) electrons. The minimum atomic E-state index is -0.0441. The fourth-order valence-corrected chi connectivity index (χ4v) is 2.39. The number of fused-ring (bicyclic) bond motifs is 1. The average Bonchev–Trinajstić information content (AvgIpc) is 2.72. The second kappa shape index (κ2) is 5.89. The number of hydrogen-bond donors (Lipinski definition) is 2. The van der Waals surface area contributed by atoms with Gasteiger partial charge in [-0.2, -0.15) is 0 Å². The van der Waals surface area contributed by atoms with Crippen LogP contribution in [0.1, 0.15) is 43.9 Å². The van der Waals surface area contributed by atoms with Gasteiger partial charge in [0.05, 0.1) is 6.04 Å². The molecule has 1 aromatic rings. The predicted molar refractivity (Wildman–Crippen MR) is 73.5 cm³/mol. The maximum absolute atomic E-state index is 11.8. The number of hydrogen-bond acceptors (Lipinski definition) is 1. The number of carbonyl (C=O) groups is 1. The smallest absolute Gasteiger partial charge is 0.315 e. The van der Waals surface area contributed by atoms with Gasteiger partial charge in [-0.15, -0.1) is 0 Å². The summed E-state index contributed by atoms with van der Waals surface area (Å²) in [5.41, 5.74) is 2.64. The molecular formula is C15H22N2O. The Kier molecular flexibility index (Phi) is 4.24. The lowest BCUT2D eigenvalue weighted by Crippen LogP contribution is -2.38. The van der Waals surface area contributed by atoms with Gasteiger partial charge in [-0.05, 0) is 36.3 Å². The van der Waals surface area contributed by atoms with E-state index in [-0.39, 0.29) is 12.1 Å². The van der Waals surface area contributed by atoms with E-state index in [1.54, 1.807) is 0 Å². The molecular weight excluding hydrogens is 224 g/mol. The summed E-state index contributed by atoms with van der Waals surface area (Å²) in [6.07, 6.45) is 3.10. The van der Waals surface area contributed by atoms with Gasteiger partial charge in [0.1, 0.15) is 0 Å². The van der Waals surface area contributed by atoms with E-state index >= 15 is 0 Å². The molecule has 0 spiro atoms. The van der Waals surface area contributed by atoms with Crippen LogP contribution in [0.3, 0.4) is 0 Å². The minimum Gasteiger partial charge on any atom is -0.338 e. The zero-order valence-corrected chi connectivity index (χ0v) is 11.2. The van der Waals surface area contributed by atoms with Crippen molar-refractivity contribution in [2.45, 2.75) is 39.2 Å². The van der Waals surface area contributed by atoms with Crippen LogP contribution in [0.4, 0.5) is 4.79 Å². The lowest BCUT2D eigenvalue weighted by Gasteiger charge is -2.15. The predicted octanol–water partition coefficient (Wildman–Crippen LogP) is 3.02. The monoisotopic (exact) mass is 246 g/mol. The van der Waals surface area contributed by atoms with E-state index in [1.807, 2.05) is 6.07 Å². The van der Waals surface area contributed by atoms with Gasteiger partial charge in [0.2, 0.25) is 0 Å². The summed E-state index contributed by atoms with van der Waals surface area (Å²) in [7, 11) is 0. The van der Waals surface area contributed by atoms with Crippen LogP contribution in [0, 0.1) is 5.92 Å². The molecule has 0 bridgehead atoms. The quantitative estimate of drug-likeness (QED) is 0.842. The van der Waals surface area contributed by atoms with Crippen molar-refractivity contribution in [2.75, 3.05) is 6.54 Å². The molecule has 0 aliphatic heterocycles. The summed E-state index contributed by atoms with van der Waals surface area (Å²) < 4.78 is 0. The van der Waals surface area contributed by atoms with Gasteiger partial charge in [0, 0.05) is 6.54 Å². The molecule has 0 saturated heterocycles. The van der Waals surface area contributed by atoms with Crippen molar-refractivity contribution >= 4 is 6.03 Å². The summed E-state index contributed by atoms with van der Waals surface area (Å²) in [4.78, 5) is 11.8. The molecule has 98 valence electrons. The highest BCUT2D eigenvalue weighted by Gasteiger charge is 2.22. The van der Waals surface area contributed by atoms with Crippen LogP contribution in [0.5, 0.6) is 0 Å². The lowest BCUT2D eigenvalue weighted by atomic mass is 10.1. The summed E-state index contributed by atoms with van der Waals surface area (Å²) in [6.45, 7) is 5.07. The lowest BCUT2D eigenvalue weighted by molar-refractivity contribution is 0.236. The molecule has 3 heteroatoms. The van der Waals surface area contributed by atoms with Gasteiger partial charge in [-0.25, -0.2) is 4.79 Å². The molecule has 2 amide bonds. The van der Waals surface area contributed by atoms with Crippen molar-refractivity contribution in [1.29, 1.82) is 0 Å². The normalized spacial score (nSPS) is 17.6. The van der Waals surface area contributed by atoms with E-state index in [0.29, 0.717) is 5.92 Å². The Hall–Kier alpha value is -1.51. The van der Waals surface area contributed by atoms with Crippen LogP contribution < -0.4 is 10.6 Å². The molecule has 0 heterocycles. The Morgan fingerprint density at radius 2 is 2.17 bits per heavy atom. The molecule has 1 aliphatic rings. The second-order valence-corrected chi connectivity index (χ2v) is 5.37. The maximum Gasteiger partial charge on any atom is 0.315 e. The number of nitrogens with one attached hydrogen (secondary N) is 2. The third kappa shape index (κ3) is 3.25. The molecule has 2 rings (SSSR count). The van der Waals surface area contributed by atoms with Crippen LogP contribution in [0.25, 0.3) is 0 Å². The van der Waals surface area contributed by atoms with Gasteiger partial charge in [-0.1, -0.05) is 38.1 Å². The van der Waals surface area contributed by atoms with Crippen LogP contribution in [-0.4, -0.2) is 12.6 Å². The SMILES string of the molecule is CC(C)CCNC(=O)NC1CCc2ccccc21. The number of benzene rings is 1. The summed E-state index contributed by atoms with van der Waals surface area (Å²) >= 11 is 0. The number of urea groups is 1. The number of amides is 2. The zero-order chi connectivity index (χ0) is 13.0. The van der Waals surface area contributed by atoms with Crippen molar-refractivity contribution in [2.24, 2.45) is 5.92 Å². The van der Waals surface area contributed by atoms with Gasteiger partial charge < -0.3 is 10.6 Å². The number of carbonyl (C=O) groups excluding carboxylic acids is 1. The van der Waals surface area contributed by atoms with E-state index in [1.165, 1.54) is 11.1 Å². The largest absolute Gasteiger partial charge is 0.338 e. The molecule has 1 aliphatic carbocycles. The molecule has 0 aromatic heterocycles. The number of rotatable bonds is 4.